The first-order valence-corrected chi connectivity index (χ1v) is 8.95. The first-order valence-electron chi connectivity index (χ1n) is 8.95. The third-order valence-electron chi connectivity index (χ3n) is 4.27. The van der Waals surface area contributed by atoms with Crippen LogP contribution in [0.4, 0.5) is 5.69 Å². The van der Waals surface area contributed by atoms with E-state index in [9.17, 15) is 9.59 Å². The van der Waals surface area contributed by atoms with Crippen molar-refractivity contribution in [2.24, 2.45) is 0 Å². The van der Waals surface area contributed by atoms with Crippen molar-refractivity contribution in [3.05, 3.63) is 87.8 Å². The standard InChI is InChI=1S/C22H22N2O5/c1-15-6-4-7-16(12-15)14-29-24-11-5-8-18(22(24)26)21(25)23-19-13-17(27-2)9-10-20(19)28-3/h4-13H,14H2,1-3H3,(H,23,25). The minimum atomic E-state index is -0.574. The van der Waals surface area contributed by atoms with Crippen molar-refractivity contribution in [2.75, 3.05) is 19.5 Å². The van der Waals surface area contributed by atoms with E-state index in [-0.39, 0.29) is 12.2 Å². The number of rotatable bonds is 7. The van der Waals surface area contributed by atoms with Crippen LogP contribution in [-0.2, 0) is 6.61 Å². The summed E-state index contributed by atoms with van der Waals surface area (Å²) in [5.41, 5.74) is 1.81. The highest BCUT2D eigenvalue weighted by Gasteiger charge is 2.16. The van der Waals surface area contributed by atoms with E-state index in [1.807, 2.05) is 31.2 Å². The van der Waals surface area contributed by atoms with Crippen LogP contribution in [0.2, 0.25) is 0 Å². The molecule has 0 spiro atoms. The van der Waals surface area contributed by atoms with E-state index in [2.05, 4.69) is 5.32 Å². The Morgan fingerprint density at radius 3 is 2.59 bits per heavy atom. The number of pyridine rings is 1. The monoisotopic (exact) mass is 394 g/mol. The number of nitrogens with zero attached hydrogens (tertiary/aromatic N) is 1. The Morgan fingerprint density at radius 1 is 1.03 bits per heavy atom. The predicted octanol–water partition coefficient (Wildman–Crippen LogP) is 3.06. The van der Waals surface area contributed by atoms with Gasteiger partial charge in [0.05, 0.1) is 19.9 Å². The molecular formula is C22H22N2O5. The Morgan fingerprint density at radius 2 is 1.86 bits per heavy atom. The van der Waals surface area contributed by atoms with Crippen LogP contribution >= 0.6 is 0 Å². The Balaban J connectivity index is 1.80. The topological polar surface area (TPSA) is 78.8 Å². The SMILES string of the molecule is COc1ccc(OC)c(NC(=O)c2cccn(OCc3cccc(C)c3)c2=O)c1. The van der Waals surface area contributed by atoms with Crippen LogP contribution in [0.25, 0.3) is 0 Å². The average Bonchev–Trinajstić information content (AvgIpc) is 2.73. The molecule has 0 unspecified atom stereocenters. The van der Waals surface area contributed by atoms with Gasteiger partial charge in [-0.3, -0.25) is 9.59 Å². The highest BCUT2D eigenvalue weighted by Crippen LogP contribution is 2.29. The number of amides is 1. The van der Waals surface area contributed by atoms with E-state index < -0.39 is 11.5 Å². The minimum Gasteiger partial charge on any atom is -0.497 e. The van der Waals surface area contributed by atoms with Gasteiger partial charge in [-0.25, -0.2) is 0 Å². The molecule has 0 fully saturated rings. The smallest absolute Gasteiger partial charge is 0.295 e. The Hall–Kier alpha value is -3.74. The number of carbonyl (C=O) groups is 1. The normalized spacial score (nSPS) is 10.3. The van der Waals surface area contributed by atoms with Gasteiger partial charge in [-0.2, -0.15) is 4.73 Å². The number of aryl methyl sites for hydroxylation is 1. The van der Waals surface area contributed by atoms with E-state index in [4.69, 9.17) is 14.3 Å². The lowest BCUT2D eigenvalue weighted by Gasteiger charge is -2.13. The molecule has 150 valence electrons. The molecule has 2 aromatic carbocycles. The first-order chi connectivity index (χ1) is 14.0. The van der Waals surface area contributed by atoms with Crippen LogP contribution in [0.3, 0.4) is 0 Å². The third-order valence-corrected chi connectivity index (χ3v) is 4.27. The number of methoxy groups -OCH3 is 2. The molecule has 0 saturated heterocycles. The van der Waals surface area contributed by atoms with Gasteiger partial charge in [0.15, 0.2) is 0 Å². The quantitative estimate of drug-likeness (QED) is 0.666. The van der Waals surface area contributed by atoms with E-state index in [0.717, 1.165) is 15.9 Å². The molecule has 1 aromatic heterocycles. The lowest BCUT2D eigenvalue weighted by atomic mass is 10.1. The maximum absolute atomic E-state index is 12.7. The zero-order valence-corrected chi connectivity index (χ0v) is 16.5. The number of carbonyl (C=O) groups excluding carboxylic acids is 1. The number of aromatic nitrogens is 1. The molecule has 1 heterocycles. The number of hydrogen-bond acceptors (Lipinski definition) is 5. The fourth-order valence-corrected chi connectivity index (χ4v) is 2.80. The van der Waals surface area contributed by atoms with Crippen molar-refractivity contribution in [2.45, 2.75) is 13.5 Å². The molecule has 0 saturated carbocycles. The van der Waals surface area contributed by atoms with Gasteiger partial charge in [0.1, 0.15) is 23.7 Å². The minimum absolute atomic E-state index is 0.0541. The van der Waals surface area contributed by atoms with E-state index >= 15 is 0 Å². The van der Waals surface area contributed by atoms with Crippen LogP contribution in [0.15, 0.2) is 65.6 Å². The first kappa shape index (κ1) is 20.0. The average molecular weight is 394 g/mol. The molecule has 0 aliphatic carbocycles. The summed E-state index contributed by atoms with van der Waals surface area (Å²) in [4.78, 5) is 31.0. The molecule has 3 aromatic rings. The summed E-state index contributed by atoms with van der Waals surface area (Å²) in [7, 11) is 3.01. The van der Waals surface area contributed by atoms with E-state index in [0.29, 0.717) is 17.2 Å². The highest BCUT2D eigenvalue weighted by atomic mass is 16.7. The zero-order chi connectivity index (χ0) is 20.8. The van der Waals surface area contributed by atoms with Crippen molar-refractivity contribution < 1.29 is 19.1 Å². The summed E-state index contributed by atoms with van der Waals surface area (Å²) in [6, 6.07) is 15.8. The summed E-state index contributed by atoms with van der Waals surface area (Å²) >= 11 is 0. The Bertz CT molecular complexity index is 1070. The van der Waals surface area contributed by atoms with Crippen molar-refractivity contribution in [3.63, 3.8) is 0 Å². The fraction of sp³-hybridized carbons (Fsp3) is 0.182. The van der Waals surface area contributed by atoms with Gasteiger partial charge in [-0.15, -0.1) is 0 Å². The molecule has 1 N–H and O–H groups in total. The zero-order valence-electron chi connectivity index (χ0n) is 16.5. The summed E-state index contributed by atoms with van der Waals surface area (Å²) in [5, 5.41) is 2.69. The summed E-state index contributed by atoms with van der Waals surface area (Å²) < 4.78 is 11.5. The summed E-state index contributed by atoms with van der Waals surface area (Å²) in [6.45, 7) is 2.18. The second-order valence-electron chi connectivity index (χ2n) is 6.34. The van der Waals surface area contributed by atoms with E-state index in [1.54, 1.807) is 24.3 Å². The number of ether oxygens (including phenoxy) is 2. The van der Waals surface area contributed by atoms with Gasteiger partial charge in [-0.05, 0) is 36.8 Å². The van der Waals surface area contributed by atoms with Crippen molar-refractivity contribution in [3.8, 4) is 11.5 Å². The van der Waals surface area contributed by atoms with Gasteiger partial charge < -0.3 is 19.6 Å². The molecular weight excluding hydrogens is 372 g/mol. The lowest BCUT2D eigenvalue weighted by molar-refractivity contribution is 0.0863. The van der Waals surface area contributed by atoms with Gasteiger partial charge >= 0.3 is 0 Å². The van der Waals surface area contributed by atoms with E-state index in [1.165, 1.54) is 26.5 Å². The van der Waals surface area contributed by atoms with Gasteiger partial charge in [0, 0.05) is 12.3 Å². The highest BCUT2D eigenvalue weighted by molar-refractivity contribution is 6.04. The predicted molar refractivity (Wildman–Crippen MR) is 110 cm³/mol. The second-order valence-corrected chi connectivity index (χ2v) is 6.34. The summed E-state index contributed by atoms with van der Waals surface area (Å²) in [5.74, 6) is 0.425. The lowest BCUT2D eigenvalue weighted by Crippen LogP contribution is -2.32. The molecule has 0 aliphatic rings. The van der Waals surface area contributed by atoms with Gasteiger partial charge in [-0.1, -0.05) is 29.8 Å². The maximum atomic E-state index is 12.7. The molecule has 0 atom stereocenters. The number of hydrogen-bond donors (Lipinski definition) is 1. The number of anilines is 1. The molecule has 3 rings (SSSR count). The van der Waals surface area contributed by atoms with Crippen molar-refractivity contribution in [1.29, 1.82) is 0 Å². The Kier molecular flexibility index (Phi) is 6.19. The van der Waals surface area contributed by atoms with Crippen LogP contribution in [0, 0.1) is 6.92 Å². The van der Waals surface area contributed by atoms with Gasteiger partial charge in [0.2, 0.25) is 0 Å². The molecule has 29 heavy (non-hydrogen) atoms. The molecule has 0 aliphatic heterocycles. The van der Waals surface area contributed by atoms with Gasteiger partial charge in [0.25, 0.3) is 11.5 Å². The third kappa shape index (κ3) is 4.76. The second kappa shape index (κ2) is 8.97. The molecule has 0 bridgehead atoms. The largest absolute Gasteiger partial charge is 0.497 e. The molecule has 0 radical (unpaired) electrons. The van der Waals surface area contributed by atoms with Crippen LogP contribution in [0.1, 0.15) is 21.5 Å². The van der Waals surface area contributed by atoms with Crippen LogP contribution < -0.4 is 25.2 Å². The Labute approximate surface area is 168 Å². The molecule has 1 amide bonds. The molecule has 7 heteroatoms. The van der Waals surface area contributed by atoms with Crippen LogP contribution in [0.5, 0.6) is 11.5 Å². The van der Waals surface area contributed by atoms with Crippen LogP contribution in [-0.4, -0.2) is 24.9 Å². The fourth-order valence-electron chi connectivity index (χ4n) is 2.80. The number of benzene rings is 2. The van der Waals surface area contributed by atoms with Crippen molar-refractivity contribution >= 4 is 11.6 Å². The maximum Gasteiger partial charge on any atom is 0.295 e. The number of nitrogens with one attached hydrogen (secondary N) is 1. The van der Waals surface area contributed by atoms with Crippen molar-refractivity contribution in [1.82, 2.24) is 4.73 Å². The molecule has 7 nitrogen and oxygen atoms in total. The summed E-state index contributed by atoms with van der Waals surface area (Å²) in [6.07, 6.45) is 1.47.